The number of urea groups is 1. The van der Waals surface area contributed by atoms with E-state index in [1.165, 1.54) is 12.1 Å². The lowest BCUT2D eigenvalue weighted by Crippen LogP contribution is -2.31. The highest BCUT2D eigenvalue weighted by Gasteiger charge is 2.29. The largest absolute Gasteiger partial charge is 0.482 e. The molecular weight excluding hydrogens is 277 g/mol. The molecule has 0 aliphatic carbocycles. The summed E-state index contributed by atoms with van der Waals surface area (Å²) in [6.07, 6.45) is -4.46. The Hall–Kier alpha value is -1.96. The molecule has 2 amide bonds. The molecule has 5 nitrogen and oxygen atoms in total. The van der Waals surface area contributed by atoms with Crippen molar-refractivity contribution in [2.75, 3.05) is 25.1 Å². The van der Waals surface area contributed by atoms with Gasteiger partial charge in [0.1, 0.15) is 5.75 Å². The van der Waals surface area contributed by atoms with E-state index in [-0.39, 0.29) is 24.6 Å². The minimum Gasteiger partial charge on any atom is -0.482 e. The summed E-state index contributed by atoms with van der Waals surface area (Å²) in [6, 6.07) is 3.83. The van der Waals surface area contributed by atoms with E-state index in [9.17, 15) is 18.0 Å². The molecule has 0 bridgehead atoms. The van der Waals surface area contributed by atoms with Gasteiger partial charge in [0.05, 0.1) is 12.3 Å². The standard InChI is InChI=1S/C12H15F3N2O3/c1-8-2-3-9(17-11(19)16-4-5-18)10(6-8)20-7-12(13,14)15/h2-3,6,18H,4-5,7H2,1H3,(H2,16,17,19). The molecule has 112 valence electrons. The van der Waals surface area contributed by atoms with Gasteiger partial charge in [-0.2, -0.15) is 13.2 Å². The van der Waals surface area contributed by atoms with Crippen molar-refractivity contribution in [2.24, 2.45) is 0 Å². The Bertz CT molecular complexity index is 464. The normalized spacial score (nSPS) is 11.1. The van der Waals surface area contributed by atoms with Crippen LogP contribution in [0.15, 0.2) is 18.2 Å². The van der Waals surface area contributed by atoms with Crippen LogP contribution in [0.5, 0.6) is 5.75 Å². The van der Waals surface area contributed by atoms with E-state index in [1.807, 2.05) is 0 Å². The number of halogens is 3. The van der Waals surface area contributed by atoms with Gasteiger partial charge in [-0.05, 0) is 24.6 Å². The van der Waals surface area contributed by atoms with Gasteiger partial charge in [-0.1, -0.05) is 6.07 Å². The number of rotatable bonds is 5. The second-order valence-corrected chi connectivity index (χ2v) is 4.01. The Morgan fingerprint density at radius 1 is 1.40 bits per heavy atom. The average Bonchev–Trinajstić information content (AvgIpc) is 2.35. The number of amides is 2. The van der Waals surface area contributed by atoms with Crippen molar-refractivity contribution >= 4 is 11.7 Å². The lowest BCUT2D eigenvalue weighted by Gasteiger charge is -2.14. The van der Waals surface area contributed by atoms with Crippen LogP contribution in [0.3, 0.4) is 0 Å². The molecule has 3 N–H and O–H groups in total. The number of hydrogen-bond acceptors (Lipinski definition) is 3. The maximum atomic E-state index is 12.2. The molecule has 0 radical (unpaired) electrons. The molecule has 0 fully saturated rings. The van der Waals surface area contributed by atoms with E-state index >= 15 is 0 Å². The quantitative estimate of drug-likeness (QED) is 0.778. The van der Waals surface area contributed by atoms with Crippen molar-refractivity contribution in [3.05, 3.63) is 23.8 Å². The van der Waals surface area contributed by atoms with E-state index in [1.54, 1.807) is 13.0 Å². The Labute approximate surface area is 113 Å². The van der Waals surface area contributed by atoms with Gasteiger partial charge in [0.2, 0.25) is 0 Å². The van der Waals surface area contributed by atoms with Crippen LogP contribution in [-0.4, -0.2) is 37.1 Å². The number of ether oxygens (including phenoxy) is 1. The van der Waals surface area contributed by atoms with Gasteiger partial charge in [0.25, 0.3) is 0 Å². The van der Waals surface area contributed by atoms with Gasteiger partial charge in [0, 0.05) is 6.54 Å². The third kappa shape index (κ3) is 5.79. The molecule has 8 heteroatoms. The molecular formula is C12H15F3N2O3. The van der Waals surface area contributed by atoms with E-state index < -0.39 is 18.8 Å². The molecule has 0 aliphatic heterocycles. The summed E-state index contributed by atoms with van der Waals surface area (Å²) in [5.41, 5.74) is 0.818. The van der Waals surface area contributed by atoms with Crippen molar-refractivity contribution in [1.82, 2.24) is 5.32 Å². The number of carbonyl (C=O) groups excluding carboxylic acids is 1. The van der Waals surface area contributed by atoms with E-state index in [0.29, 0.717) is 5.56 Å². The summed E-state index contributed by atoms with van der Waals surface area (Å²) < 4.78 is 41.1. The lowest BCUT2D eigenvalue weighted by atomic mass is 10.2. The lowest BCUT2D eigenvalue weighted by molar-refractivity contribution is -0.153. The molecule has 0 aliphatic rings. The summed E-state index contributed by atoms with van der Waals surface area (Å²) >= 11 is 0. The summed E-state index contributed by atoms with van der Waals surface area (Å²) in [5.74, 6) is -0.0681. The highest BCUT2D eigenvalue weighted by Crippen LogP contribution is 2.27. The molecule has 0 unspecified atom stereocenters. The number of nitrogens with one attached hydrogen (secondary N) is 2. The Morgan fingerprint density at radius 3 is 2.70 bits per heavy atom. The Morgan fingerprint density at radius 2 is 2.10 bits per heavy atom. The summed E-state index contributed by atoms with van der Waals surface area (Å²) in [4.78, 5) is 11.4. The van der Waals surface area contributed by atoms with Crippen LogP contribution in [0.4, 0.5) is 23.7 Å². The first-order chi connectivity index (χ1) is 9.31. The van der Waals surface area contributed by atoms with Crippen LogP contribution in [0.2, 0.25) is 0 Å². The monoisotopic (exact) mass is 292 g/mol. The van der Waals surface area contributed by atoms with Crippen molar-refractivity contribution in [3.8, 4) is 5.75 Å². The van der Waals surface area contributed by atoms with Gasteiger partial charge in [-0.15, -0.1) is 0 Å². The minimum absolute atomic E-state index is 0.0381. The predicted octanol–water partition coefficient (Wildman–Crippen LogP) is 2.05. The zero-order chi connectivity index (χ0) is 15.2. The summed E-state index contributed by atoms with van der Waals surface area (Å²) in [5, 5.41) is 13.2. The Kier molecular flexibility index (Phi) is 5.63. The first-order valence-corrected chi connectivity index (χ1v) is 5.78. The van der Waals surface area contributed by atoms with Gasteiger partial charge < -0.3 is 20.5 Å². The van der Waals surface area contributed by atoms with Crippen LogP contribution >= 0.6 is 0 Å². The smallest absolute Gasteiger partial charge is 0.422 e. The predicted molar refractivity (Wildman–Crippen MR) is 66.8 cm³/mol. The van der Waals surface area contributed by atoms with Gasteiger partial charge in [-0.3, -0.25) is 0 Å². The SMILES string of the molecule is Cc1ccc(NC(=O)NCCO)c(OCC(F)(F)F)c1. The third-order valence-corrected chi connectivity index (χ3v) is 2.17. The highest BCUT2D eigenvalue weighted by molar-refractivity contribution is 5.90. The van der Waals surface area contributed by atoms with Gasteiger partial charge >= 0.3 is 12.2 Å². The zero-order valence-corrected chi connectivity index (χ0v) is 10.8. The second-order valence-electron chi connectivity index (χ2n) is 4.01. The van der Waals surface area contributed by atoms with Crippen molar-refractivity contribution in [1.29, 1.82) is 0 Å². The van der Waals surface area contributed by atoms with Crippen LogP contribution in [0, 0.1) is 6.92 Å². The average molecular weight is 292 g/mol. The van der Waals surface area contributed by atoms with Crippen LogP contribution in [-0.2, 0) is 0 Å². The fourth-order valence-corrected chi connectivity index (χ4v) is 1.35. The molecule has 1 aromatic rings. The second kappa shape index (κ2) is 6.99. The number of benzene rings is 1. The number of carbonyl (C=O) groups is 1. The van der Waals surface area contributed by atoms with Crippen molar-refractivity contribution < 1.29 is 27.8 Å². The van der Waals surface area contributed by atoms with Crippen molar-refractivity contribution in [2.45, 2.75) is 13.1 Å². The molecule has 0 saturated carbocycles. The topological polar surface area (TPSA) is 70.6 Å². The van der Waals surface area contributed by atoms with Crippen LogP contribution in [0.25, 0.3) is 0 Å². The first kappa shape index (κ1) is 16.1. The molecule has 0 heterocycles. The van der Waals surface area contributed by atoms with E-state index in [2.05, 4.69) is 15.4 Å². The maximum absolute atomic E-state index is 12.2. The number of aryl methyl sites for hydroxylation is 1. The molecule has 0 spiro atoms. The minimum atomic E-state index is -4.46. The molecule has 0 saturated heterocycles. The molecule has 0 atom stereocenters. The van der Waals surface area contributed by atoms with Gasteiger partial charge in [0.15, 0.2) is 6.61 Å². The van der Waals surface area contributed by atoms with Crippen LogP contribution < -0.4 is 15.4 Å². The number of hydrogen-bond donors (Lipinski definition) is 3. The molecule has 1 aromatic carbocycles. The number of aliphatic hydroxyl groups excluding tert-OH is 1. The van der Waals surface area contributed by atoms with E-state index in [0.717, 1.165) is 0 Å². The summed E-state index contributed by atoms with van der Waals surface area (Å²) in [6.45, 7) is 0.0502. The summed E-state index contributed by atoms with van der Waals surface area (Å²) in [7, 11) is 0. The maximum Gasteiger partial charge on any atom is 0.422 e. The van der Waals surface area contributed by atoms with Crippen LogP contribution in [0.1, 0.15) is 5.56 Å². The van der Waals surface area contributed by atoms with Gasteiger partial charge in [-0.25, -0.2) is 4.79 Å². The molecule has 0 aromatic heterocycles. The number of anilines is 1. The Balaban J connectivity index is 2.76. The number of aliphatic hydroxyl groups is 1. The van der Waals surface area contributed by atoms with E-state index in [4.69, 9.17) is 5.11 Å². The zero-order valence-electron chi connectivity index (χ0n) is 10.8. The fourth-order valence-electron chi connectivity index (χ4n) is 1.35. The third-order valence-electron chi connectivity index (χ3n) is 2.17. The fraction of sp³-hybridized carbons (Fsp3) is 0.417. The molecule has 20 heavy (non-hydrogen) atoms. The number of alkyl halides is 3. The first-order valence-electron chi connectivity index (χ1n) is 5.78. The van der Waals surface area contributed by atoms with Crippen molar-refractivity contribution in [3.63, 3.8) is 0 Å². The highest BCUT2D eigenvalue weighted by atomic mass is 19.4. The molecule has 1 rings (SSSR count).